The summed E-state index contributed by atoms with van der Waals surface area (Å²) < 4.78 is 11.8. The van der Waals surface area contributed by atoms with Gasteiger partial charge in [0.15, 0.2) is 17.3 Å². The van der Waals surface area contributed by atoms with Gasteiger partial charge >= 0.3 is 0 Å². The van der Waals surface area contributed by atoms with Crippen LogP contribution in [0.4, 0.5) is 5.69 Å². The number of carbonyl (C=O) groups excluding carboxylic acids is 1. The SMILES string of the molecule is CCCOC(C)(Nc1ccccc1C(=O)CC)c1onc2ccccc12. The van der Waals surface area contributed by atoms with Crippen molar-refractivity contribution >= 4 is 22.4 Å². The Kier molecular flexibility index (Phi) is 5.38. The zero-order valence-electron chi connectivity index (χ0n) is 15.4. The van der Waals surface area contributed by atoms with Crippen LogP contribution in [0, 0.1) is 0 Å². The summed E-state index contributed by atoms with van der Waals surface area (Å²) in [6, 6.07) is 15.2. The summed E-state index contributed by atoms with van der Waals surface area (Å²) in [6.07, 6.45) is 1.30. The monoisotopic (exact) mass is 352 g/mol. The summed E-state index contributed by atoms with van der Waals surface area (Å²) in [5.41, 5.74) is 1.19. The number of carbonyl (C=O) groups is 1. The number of ketones is 1. The maximum absolute atomic E-state index is 12.3. The Morgan fingerprint density at radius 3 is 2.65 bits per heavy atom. The number of nitrogens with zero attached hydrogens (tertiary/aromatic N) is 1. The molecule has 26 heavy (non-hydrogen) atoms. The molecule has 0 bridgehead atoms. The van der Waals surface area contributed by atoms with Gasteiger partial charge in [-0.05, 0) is 37.6 Å². The lowest BCUT2D eigenvalue weighted by Crippen LogP contribution is -2.36. The Balaban J connectivity index is 2.05. The van der Waals surface area contributed by atoms with Crippen LogP contribution in [0.25, 0.3) is 10.9 Å². The second kappa shape index (κ2) is 7.70. The highest BCUT2D eigenvalue weighted by atomic mass is 16.5. The molecule has 3 aromatic rings. The summed E-state index contributed by atoms with van der Waals surface area (Å²) in [5.74, 6) is 0.675. The smallest absolute Gasteiger partial charge is 0.198 e. The second-order valence-corrected chi connectivity index (χ2v) is 6.36. The van der Waals surface area contributed by atoms with Crippen molar-refractivity contribution in [3.05, 3.63) is 59.9 Å². The molecule has 0 aliphatic rings. The van der Waals surface area contributed by atoms with Crippen molar-refractivity contribution in [2.24, 2.45) is 0 Å². The molecule has 0 aliphatic carbocycles. The number of hydrogen-bond acceptors (Lipinski definition) is 5. The minimum atomic E-state index is -0.948. The molecule has 0 saturated heterocycles. The first-order valence-corrected chi connectivity index (χ1v) is 8.98. The van der Waals surface area contributed by atoms with E-state index >= 15 is 0 Å². The molecule has 5 heteroatoms. The van der Waals surface area contributed by atoms with Crippen molar-refractivity contribution in [3.8, 4) is 0 Å². The van der Waals surface area contributed by atoms with Crippen LogP contribution in [-0.4, -0.2) is 17.5 Å². The van der Waals surface area contributed by atoms with Gasteiger partial charge < -0.3 is 14.6 Å². The molecule has 0 saturated carbocycles. The maximum Gasteiger partial charge on any atom is 0.198 e. The van der Waals surface area contributed by atoms with Gasteiger partial charge in [-0.25, -0.2) is 0 Å². The molecule has 1 unspecified atom stereocenters. The van der Waals surface area contributed by atoms with E-state index in [1.807, 2.05) is 69.3 Å². The standard InChI is InChI=1S/C21H24N2O3/c1-4-14-25-21(3,20-16-11-7-9-13-18(16)23-26-20)22-17-12-8-6-10-15(17)19(24)5-2/h6-13,22H,4-5,14H2,1-3H3. The molecule has 136 valence electrons. The van der Waals surface area contributed by atoms with Gasteiger partial charge in [-0.1, -0.05) is 43.3 Å². The fraction of sp³-hybridized carbons (Fsp3) is 0.333. The molecule has 0 spiro atoms. The van der Waals surface area contributed by atoms with Crippen molar-refractivity contribution < 1.29 is 14.1 Å². The van der Waals surface area contributed by atoms with Gasteiger partial charge in [0.1, 0.15) is 5.52 Å². The number of benzene rings is 2. The van der Waals surface area contributed by atoms with Gasteiger partial charge in [0.05, 0.1) is 0 Å². The lowest BCUT2D eigenvalue weighted by Gasteiger charge is -2.30. The number of ether oxygens (including phenoxy) is 1. The van der Waals surface area contributed by atoms with Crippen LogP contribution in [0.5, 0.6) is 0 Å². The van der Waals surface area contributed by atoms with Crippen LogP contribution in [-0.2, 0) is 10.5 Å². The fourth-order valence-electron chi connectivity index (χ4n) is 2.98. The number of para-hydroxylation sites is 1. The van der Waals surface area contributed by atoms with E-state index in [0.717, 1.165) is 23.0 Å². The van der Waals surface area contributed by atoms with Crippen LogP contribution >= 0.6 is 0 Å². The van der Waals surface area contributed by atoms with Gasteiger partial charge in [-0.3, -0.25) is 4.79 Å². The summed E-state index contributed by atoms with van der Waals surface area (Å²) >= 11 is 0. The number of Topliss-reactive ketones (excluding diaryl/α,β-unsaturated/α-hetero) is 1. The number of nitrogens with one attached hydrogen (secondary N) is 1. The van der Waals surface area contributed by atoms with Gasteiger partial charge in [0, 0.05) is 29.7 Å². The predicted octanol–water partition coefficient (Wildman–Crippen LogP) is 5.13. The van der Waals surface area contributed by atoms with Crippen LogP contribution < -0.4 is 5.32 Å². The van der Waals surface area contributed by atoms with Crippen molar-refractivity contribution in [1.82, 2.24) is 5.16 Å². The topological polar surface area (TPSA) is 64.4 Å². The molecule has 0 radical (unpaired) electrons. The zero-order valence-corrected chi connectivity index (χ0v) is 15.4. The highest BCUT2D eigenvalue weighted by Crippen LogP contribution is 2.34. The number of anilines is 1. The summed E-state index contributed by atoms with van der Waals surface area (Å²) in [7, 11) is 0. The van der Waals surface area contributed by atoms with Crippen LogP contribution in [0.1, 0.15) is 49.7 Å². The minimum absolute atomic E-state index is 0.0772. The molecule has 3 rings (SSSR count). The van der Waals surface area contributed by atoms with E-state index in [-0.39, 0.29) is 5.78 Å². The normalized spacial score (nSPS) is 13.5. The molecule has 0 fully saturated rings. The Morgan fingerprint density at radius 2 is 1.88 bits per heavy atom. The lowest BCUT2D eigenvalue weighted by atomic mass is 10.0. The average molecular weight is 352 g/mol. The van der Waals surface area contributed by atoms with Crippen molar-refractivity contribution in [2.45, 2.75) is 39.3 Å². The molecule has 0 aliphatic heterocycles. The van der Waals surface area contributed by atoms with Gasteiger partial charge in [0.2, 0.25) is 0 Å². The highest BCUT2D eigenvalue weighted by Gasteiger charge is 2.35. The van der Waals surface area contributed by atoms with Crippen molar-refractivity contribution in [1.29, 1.82) is 0 Å². The number of fused-ring (bicyclic) bond motifs is 1. The van der Waals surface area contributed by atoms with E-state index in [1.54, 1.807) is 0 Å². The molecule has 1 heterocycles. The number of rotatable bonds is 8. The summed E-state index contributed by atoms with van der Waals surface area (Å²) in [6.45, 7) is 6.36. The van der Waals surface area contributed by atoms with Gasteiger partial charge in [0.25, 0.3) is 0 Å². The highest BCUT2D eigenvalue weighted by molar-refractivity contribution is 6.01. The maximum atomic E-state index is 12.3. The fourth-order valence-corrected chi connectivity index (χ4v) is 2.98. The molecule has 1 N–H and O–H groups in total. The largest absolute Gasteiger partial charge is 0.355 e. The Hall–Kier alpha value is -2.66. The van der Waals surface area contributed by atoms with Gasteiger partial charge in [-0.15, -0.1) is 0 Å². The second-order valence-electron chi connectivity index (χ2n) is 6.36. The molecule has 2 aromatic carbocycles. The first-order valence-electron chi connectivity index (χ1n) is 8.98. The average Bonchev–Trinajstić information content (AvgIpc) is 3.11. The van der Waals surface area contributed by atoms with Crippen molar-refractivity contribution in [3.63, 3.8) is 0 Å². The molecule has 1 atom stereocenters. The molecular weight excluding hydrogens is 328 g/mol. The van der Waals surface area contributed by atoms with E-state index in [9.17, 15) is 4.79 Å². The minimum Gasteiger partial charge on any atom is -0.355 e. The Morgan fingerprint density at radius 1 is 1.15 bits per heavy atom. The Bertz CT molecular complexity index is 903. The third-order valence-corrected chi connectivity index (χ3v) is 4.33. The summed E-state index contributed by atoms with van der Waals surface area (Å²) in [5, 5.41) is 8.42. The first kappa shape index (κ1) is 18.1. The zero-order chi connectivity index (χ0) is 18.6. The molecule has 0 amide bonds. The summed E-state index contributed by atoms with van der Waals surface area (Å²) in [4.78, 5) is 12.3. The third-order valence-electron chi connectivity index (χ3n) is 4.33. The number of hydrogen-bond donors (Lipinski definition) is 1. The van der Waals surface area contributed by atoms with E-state index < -0.39 is 5.72 Å². The molecular formula is C21H24N2O3. The predicted molar refractivity (Wildman–Crippen MR) is 102 cm³/mol. The van der Waals surface area contributed by atoms with Gasteiger partial charge in [-0.2, -0.15) is 0 Å². The molecule has 1 aromatic heterocycles. The van der Waals surface area contributed by atoms with E-state index in [1.165, 1.54) is 0 Å². The number of aromatic nitrogens is 1. The van der Waals surface area contributed by atoms with E-state index in [0.29, 0.717) is 24.4 Å². The Labute approximate surface area is 153 Å². The quantitative estimate of drug-likeness (QED) is 0.449. The van der Waals surface area contributed by atoms with Crippen LogP contribution in [0.3, 0.4) is 0 Å². The third kappa shape index (κ3) is 3.48. The molecule has 5 nitrogen and oxygen atoms in total. The van der Waals surface area contributed by atoms with Crippen LogP contribution in [0.15, 0.2) is 53.1 Å². The van der Waals surface area contributed by atoms with E-state index in [2.05, 4.69) is 10.5 Å². The van der Waals surface area contributed by atoms with E-state index in [4.69, 9.17) is 9.26 Å². The van der Waals surface area contributed by atoms with Crippen molar-refractivity contribution in [2.75, 3.05) is 11.9 Å². The first-order chi connectivity index (χ1) is 12.6. The lowest BCUT2D eigenvalue weighted by molar-refractivity contribution is -0.0307. The van der Waals surface area contributed by atoms with Crippen LogP contribution in [0.2, 0.25) is 0 Å².